The Morgan fingerprint density at radius 2 is 0.439 bits per heavy atom. The van der Waals surface area contributed by atoms with Crippen molar-refractivity contribution >= 4 is 25.2 Å². The van der Waals surface area contributed by atoms with Crippen LogP contribution in [0, 0.1) is 0 Å². The lowest BCUT2D eigenvalue weighted by Gasteiger charge is -2.32. The molecule has 2 fully saturated rings. The lowest BCUT2D eigenvalue weighted by atomic mass is 9.79. The number of benzene rings is 6. The van der Waals surface area contributed by atoms with E-state index in [2.05, 4.69) is 55.4 Å². The SMILES string of the molecule is CC1(C)OB(c2ccc(-c3nc(-c4ccccc4)nc(-c4ccccc4)n3)cc2)OC1(C)C.CC1(C)OB(c2ccc(-c3nc(-c4ccccc4)nc(-c4ccccc4)n3)cc2)OC1(C)C. The topological polar surface area (TPSA) is 114 Å². The largest absolute Gasteiger partial charge is 0.494 e. The summed E-state index contributed by atoms with van der Waals surface area (Å²) in [6.45, 7) is 16.5. The molecule has 66 heavy (non-hydrogen) atoms. The van der Waals surface area contributed by atoms with E-state index in [1.807, 2.05) is 170 Å². The highest BCUT2D eigenvalue weighted by Crippen LogP contribution is 2.38. The van der Waals surface area contributed by atoms with Crippen LogP contribution in [0.5, 0.6) is 0 Å². The molecule has 8 aromatic rings. The molecular formula is C54H52B2N6O4. The van der Waals surface area contributed by atoms with Gasteiger partial charge in [0.2, 0.25) is 0 Å². The average Bonchev–Trinajstić information content (AvgIpc) is 3.71. The van der Waals surface area contributed by atoms with Gasteiger partial charge in [0.15, 0.2) is 34.9 Å². The molecule has 2 aliphatic rings. The minimum atomic E-state index is -0.401. The Bertz CT molecular complexity index is 2570. The third kappa shape index (κ3) is 9.36. The Morgan fingerprint density at radius 1 is 0.258 bits per heavy atom. The molecule has 0 atom stereocenters. The van der Waals surface area contributed by atoms with Gasteiger partial charge in [0, 0.05) is 33.4 Å². The van der Waals surface area contributed by atoms with Crippen molar-refractivity contribution in [2.45, 2.75) is 77.8 Å². The molecule has 0 spiro atoms. The molecule has 2 saturated heterocycles. The molecule has 12 heteroatoms. The monoisotopic (exact) mass is 870 g/mol. The van der Waals surface area contributed by atoms with Gasteiger partial charge in [-0.25, -0.2) is 29.9 Å². The Hall–Kier alpha value is -6.69. The zero-order valence-electron chi connectivity index (χ0n) is 38.6. The van der Waals surface area contributed by atoms with Crippen LogP contribution >= 0.6 is 0 Å². The third-order valence-electron chi connectivity index (χ3n) is 12.8. The molecule has 0 amide bonds. The second-order valence-corrected chi connectivity index (χ2v) is 18.5. The van der Waals surface area contributed by atoms with E-state index < -0.39 is 14.2 Å². The maximum Gasteiger partial charge on any atom is 0.494 e. The smallest absolute Gasteiger partial charge is 0.399 e. The van der Waals surface area contributed by atoms with Crippen molar-refractivity contribution < 1.29 is 18.6 Å². The molecule has 0 bridgehead atoms. The molecular weight excluding hydrogens is 818 g/mol. The van der Waals surface area contributed by atoms with E-state index in [-0.39, 0.29) is 22.4 Å². The molecule has 0 radical (unpaired) electrons. The zero-order valence-corrected chi connectivity index (χ0v) is 38.6. The lowest BCUT2D eigenvalue weighted by molar-refractivity contribution is 0.00578. The molecule has 0 aliphatic carbocycles. The van der Waals surface area contributed by atoms with Gasteiger partial charge in [0.1, 0.15) is 0 Å². The van der Waals surface area contributed by atoms with Gasteiger partial charge >= 0.3 is 14.2 Å². The fourth-order valence-electron chi connectivity index (χ4n) is 7.41. The summed E-state index contributed by atoms with van der Waals surface area (Å²) in [6.07, 6.45) is 0. The maximum atomic E-state index is 6.19. The summed E-state index contributed by atoms with van der Waals surface area (Å²) in [5, 5.41) is 0. The van der Waals surface area contributed by atoms with Crippen molar-refractivity contribution in [2.24, 2.45) is 0 Å². The highest BCUT2D eigenvalue weighted by atomic mass is 16.7. The van der Waals surface area contributed by atoms with Crippen molar-refractivity contribution in [3.8, 4) is 68.3 Å². The Labute approximate surface area is 388 Å². The van der Waals surface area contributed by atoms with E-state index in [0.717, 1.165) is 44.3 Å². The van der Waals surface area contributed by atoms with E-state index in [1.54, 1.807) is 0 Å². The van der Waals surface area contributed by atoms with Crippen LogP contribution in [0.2, 0.25) is 0 Å². The summed E-state index contributed by atoms with van der Waals surface area (Å²) in [4.78, 5) is 28.7. The van der Waals surface area contributed by atoms with Crippen molar-refractivity contribution in [1.82, 2.24) is 29.9 Å². The second-order valence-electron chi connectivity index (χ2n) is 18.5. The normalized spacial score (nSPS) is 16.7. The third-order valence-corrected chi connectivity index (χ3v) is 12.8. The average molecular weight is 871 g/mol. The molecule has 0 N–H and O–H groups in total. The quantitative estimate of drug-likeness (QED) is 0.137. The summed E-state index contributed by atoms with van der Waals surface area (Å²) < 4.78 is 24.7. The number of nitrogens with zero attached hydrogens (tertiary/aromatic N) is 6. The van der Waals surface area contributed by atoms with Crippen LogP contribution in [0.25, 0.3) is 68.3 Å². The van der Waals surface area contributed by atoms with Crippen LogP contribution < -0.4 is 10.9 Å². The second kappa shape index (κ2) is 17.9. The number of hydrogen-bond acceptors (Lipinski definition) is 10. The Morgan fingerprint density at radius 3 is 0.636 bits per heavy atom. The zero-order chi connectivity index (χ0) is 46.1. The minimum absolute atomic E-state index is 0.375. The standard InChI is InChI=1S/2C27H26BN3O2/c2*1-26(2)27(3,4)33-28(32-26)22-17-15-21(16-18-22)25-30-23(19-11-7-5-8-12-19)29-24(31-25)20-13-9-6-10-14-20/h2*5-18H,1-4H3. The summed E-state index contributed by atoms with van der Waals surface area (Å²) in [5.74, 6) is 3.85. The van der Waals surface area contributed by atoms with Gasteiger partial charge < -0.3 is 18.6 Å². The summed E-state index contributed by atoms with van der Waals surface area (Å²) in [6, 6.07) is 56.0. The molecule has 6 aromatic carbocycles. The fourth-order valence-corrected chi connectivity index (χ4v) is 7.41. The molecule has 0 saturated carbocycles. The van der Waals surface area contributed by atoms with E-state index in [1.165, 1.54) is 0 Å². The van der Waals surface area contributed by atoms with Crippen LogP contribution in [0.3, 0.4) is 0 Å². The summed E-state index contributed by atoms with van der Waals surface area (Å²) in [5.41, 5.74) is 6.06. The summed E-state index contributed by atoms with van der Waals surface area (Å²) in [7, 11) is -0.802. The Kier molecular flexibility index (Phi) is 12.1. The lowest BCUT2D eigenvalue weighted by Crippen LogP contribution is -2.41. The van der Waals surface area contributed by atoms with E-state index >= 15 is 0 Å². The Balaban J connectivity index is 0.000000166. The first-order valence-electron chi connectivity index (χ1n) is 22.3. The maximum absolute atomic E-state index is 6.19. The molecule has 328 valence electrons. The number of aromatic nitrogens is 6. The van der Waals surface area contributed by atoms with Crippen molar-refractivity contribution in [3.05, 3.63) is 170 Å². The van der Waals surface area contributed by atoms with E-state index in [4.69, 9.17) is 48.5 Å². The van der Waals surface area contributed by atoms with Crippen molar-refractivity contribution in [1.29, 1.82) is 0 Å². The van der Waals surface area contributed by atoms with Crippen LogP contribution in [-0.4, -0.2) is 66.5 Å². The van der Waals surface area contributed by atoms with Crippen molar-refractivity contribution in [3.63, 3.8) is 0 Å². The predicted octanol–water partition coefficient (Wildman–Crippen LogP) is 10.3. The first-order valence-corrected chi connectivity index (χ1v) is 22.3. The van der Waals surface area contributed by atoms with E-state index in [0.29, 0.717) is 34.9 Å². The molecule has 2 aliphatic heterocycles. The number of hydrogen-bond donors (Lipinski definition) is 0. The van der Waals surface area contributed by atoms with Crippen LogP contribution in [0.4, 0.5) is 0 Å². The first kappa shape index (κ1) is 44.5. The van der Waals surface area contributed by atoms with Crippen LogP contribution in [0.15, 0.2) is 170 Å². The van der Waals surface area contributed by atoms with Gasteiger partial charge in [-0.3, -0.25) is 0 Å². The highest BCUT2D eigenvalue weighted by Gasteiger charge is 2.52. The molecule has 10 nitrogen and oxygen atoms in total. The van der Waals surface area contributed by atoms with Gasteiger partial charge in [-0.15, -0.1) is 0 Å². The molecule has 4 heterocycles. The van der Waals surface area contributed by atoms with Gasteiger partial charge in [0.05, 0.1) is 22.4 Å². The van der Waals surface area contributed by atoms with Crippen molar-refractivity contribution in [2.75, 3.05) is 0 Å². The van der Waals surface area contributed by atoms with Gasteiger partial charge in [-0.2, -0.15) is 0 Å². The fraction of sp³-hybridized carbons (Fsp3) is 0.222. The van der Waals surface area contributed by atoms with E-state index in [9.17, 15) is 0 Å². The molecule has 2 aromatic heterocycles. The van der Waals surface area contributed by atoms with Gasteiger partial charge in [-0.05, 0) is 66.3 Å². The number of rotatable bonds is 8. The highest BCUT2D eigenvalue weighted by molar-refractivity contribution is 6.62. The predicted molar refractivity (Wildman–Crippen MR) is 264 cm³/mol. The summed E-state index contributed by atoms with van der Waals surface area (Å²) >= 11 is 0. The molecule has 10 rings (SSSR count). The first-order chi connectivity index (χ1) is 31.6. The van der Waals surface area contributed by atoms with Gasteiger partial charge in [-0.1, -0.05) is 170 Å². The van der Waals surface area contributed by atoms with Crippen LogP contribution in [-0.2, 0) is 18.6 Å². The minimum Gasteiger partial charge on any atom is -0.399 e. The van der Waals surface area contributed by atoms with Gasteiger partial charge in [0.25, 0.3) is 0 Å². The van der Waals surface area contributed by atoms with Crippen LogP contribution in [0.1, 0.15) is 55.4 Å². The molecule has 0 unspecified atom stereocenters.